The van der Waals surface area contributed by atoms with E-state index in [9.17, 15) is 18.0 Å². The minimum atomic E-state index is -4.57. The van der Waals surface area contributed by atoms with Gasteiger partial charge in [0.1, 0.15) is 5.75 Å². The van der Waals surface area contributed by atoms with Crippen molar-refractivity contribution >= 4 is 11.9 Å². The Morgan fingerprint density at radius 3 is 2.32 bits per heavy atom. The van der Waals surface area contributed by atoms with Crippen molar-refractivity contribution in [3.8, 4) is 5.75 Å². The van der Waals surface area contributed by atoms with Crippen LogP contribution in [0.4, 0.5) is 19.1 Å². The molecule has 3 aromatic carbocycles. The number of rotatable bonds is 7. The lowest BCUT2D eigenvalue weighted by atomic mass is 10.1. The van der Waals surface area contributed by atoms with E-state index in [0.29, 0.717) is 11.3 Å². The van der Waals surface area contributed by atoms with E-state index >= 15 is 0 Å². The van der Waals surface area contributed by atoms with E-state index in [-0.39, 0.29) is 24.6 Å². The van der Waals surface area contributed by atoms with Gasteiger partial charge < -0.3 is 4.74 Å². The molecular weight excluding hydrogens is 447 g/mol. The van der Waals surface area contributed by atoms with Gasteiger partial charge in [-0.25, -0.2) is 0 Å². The van der Waals surface area contributed by atoms with Gasteiger partial charge in [-0.2, -0.15) is 18.0 Å². The first-order valence-electron chi connectivity index (χ1n) is 10.3. The summed E-state index contributed by atoms with van der Waals surface area (Å²) in [6.07, 6.45) is -4.57. The normalized spacial score (nSPS) is 11.3. The molecule has 0 N–H and O–H groups in total. The molecule has 0 aliphatic rings. The number of aromatic nitrogens is 4. The van der Waals surface area contributed by atoms with Crippen molar-refractivity contribution in [3.63, 3.8) is 0 Å². The van der Waals surface area contributed by atoms with Crippen LogP contribution in [-0.4, -0.2) is 33.2 Å². The largest absolute Gasteiger partial charge is 0.497 e. The Kier molecular flexibility index (Phi) is 6.58. The molecule has 34 heavy (non-hydrogen) atoms. The van der Waals surface area contributed by atoms with Crippen LogP contribution in [0.3, 0.4) is 0 Å². The second-order valence-corrected chi connectivity index (χ2v) is 7.38. The zero-order valence-electron chi connectivity index (χ0n) is 18.1. The maximum Gasteiger partial charge on any atom is 0.416 e. The second-order valence-electron chi connectivity index (χ2n) is 7.38. The van der Waals surface area contributed by atoms with Crippen LogP contribution in [0.1, 0.15) is 27.0 Å². The maximum absolute atomic E-state index is 13.6. The number of hydrogen-bond acceptors (Lipinski definition) is 5. The lowest BCUT2D eigenvalue weighted by molar-refractivity contribution is -0.138. The Labute approximate surface area is 193 Å². The van der Waals surface area contributed by atoms with Crippen molar-refractivity contribution in [2.45, 2.75) is 19.3 Å². The smallest absolute Gasteiger partial charge is 0.416 e. The Morgan fingerprint density at radius 2 is 1.65 bits per heavy atom. The molecule has 0 atom stereocenters. The van der Waals surface area contributed by atoms with E-state index in [2.05, 4.69) is 15.4 Å². The highest BCUT2D eigenvalue weighted by Gasteiger charge is 2.34. The molecule has 0 fully saturated rings. The summed E-state index contributed by atoms with van der Waals surface area (Å²) in [6.45, 7) is -0.124. The monoisotopic (exact) mass is 467 g/mol. The number of ether oxygens (including phenoxy) is 1. The lowest BCUT2D eigenvalue weighted by Crippen LogP contribution is -2.32. The number of methoxy groups -OCH3 is 1. The van der Waals surface area contributed by atoms with Crippen LogP contribution in [0.2, 0.25) is 0 Å². The number of amides is 1. The van der Waals surface area contributed by atoms with Crippen LogP contribution in [0, 0.1) is 0 Å². The molecule has 0 aliphatic heterocycles. The number of hydrogen-bond donors (Lipinski definition) is 0. The molecule has 0 spiro atoms. The summed E-state index contributed by atoms with van der Waals surface area (Å²) in [4.78, 5) is 15.6. The van der Waals surface area contributed by atoms with E-state index in [1.165, 1.54) is 23.0 Å². The first-order valence-corrected chi connectivity index (χ1v) is 10.3. The fourth-order valence-electron chi connectivity index (χ4n) is 3.38. The van der Waals surface area contributed by atoms with Gasteiger partial charge in [-0.05, 0) is 46.7 Å². The standard InChI is InChI=1S/C24H20F3N5O2/c1-34-20-13-11-17(12-14-20)15-32-29-23(28-30-32)31(22(33)18-7-3-2-4-8-18)16-19-9-5-6-10-21(19)24(25,26)27/h2-14H,15-16H2,1H3. The number of benzene rings is 3. The minimum absolute atomic E-state index is 0.0780. The lowest BCUT2D eigenvalue weighted by Gasteiger charge is -2.21. The Hall–Kier alpha value is -4.21. The van der Waals surface area contributed by atoms with Crippen molar-refractivity contribution in [2.75, 3.05) is 12.0 Å². The number of nitrogens with zero attached hydrogens (tertiary/aromatic N) is 5. The third-order valence-electron chi connectivity index (χ3n) is 5.08. The SMILES string of the molecule is COc1ccc(Cn2nnc(N(Cc3ccccc3C(F)(F)F)C(=O)c3ccccc3)n2)cc1. The molecule has 174 valence electrons. The van der Waals surface area contributed by atoms with Crippen molar-refractivity contribution in [1.82, 2.24) is 20.2 Å². The summed E-state index contributed by atoms with van der Waals surface area (Å²) in [6, 6.07) is 20.6. The van der Waals surface area contributed by atoms with Gasteiger partial charge in [0.15, 0.2) is 0 Å². The molecule has 7 nitrogen and oxygen atoms in total. The highest BCUT2D eigenvalue weighted by Crippen LogP contribution is 2.33. The first-order chi connectivity index (χ1) is 16.3. The van der Waals surface area contributed by atoms with Gasteiger partial charge in [-0.3, -0.25) is 9.69 Å². The molecule has 1 heterocycles. The highest BCUT2D eigenvalue weighted by molar-refractivity contribution is 6.04. The van der Waals surface area contributed by atoms with Gasteiger partial charge in [-0.15, -0.1) is 5.10 Å². The summed E-state index contributed by atoms with van der Waals surface area (Å²) in [5, 5.41) is 12.2. The molecular formula is C24H20F3N5O2. The van der Waals surface area contributed by atoms with E-state index in [1.54, 1.807) is 49.6 Å². The quantitative estimate of drug-likeness (QED) is 0.397. The van der Waals surface area contributed by atoms with Crippen LogP contribution >= 0.6 is 0 Å². The zero-order valence-corrected chi connectivity index (χ0v) is 18.1. The molecule has 0 bridgehead atoms. The van der Waals surface area contributed by atoms with Crippen LogP contribution in [0.25, 0.3) is 0 Å². The molecule has 0 unspecified atom stereocenters. The molecule has 1 aromatic heterocycles. The fraction of sp³-hybridized carbons (Fsp3) is 0.167. The number of alkyl halides is 3. The Morgan fingerprint density at radius 1 is 0.971 bits per heavy atom. The van der Waals surface area contributed by atoms with E-state index in [1.807, 2.05) is 12.1 Å². The van der Waals surface area contributed by atoms with Gasteiger partial charge in [0.2, 0.25) is 0 Å². The average Bonchev–Trinajstić information content (AvgIpc) is 3.31. The molecule has 10 heteroatoms. The maximum atomic E-state index is 13.6. The molecule has 0 saturated carbocycles. The van der Waals surface area contributed by atoms with E-state index in [0.717, 1.165) is 16.5 Å². The summed E-state index contributed by atoms with van der Waals surface area (Å²) in [7, 11) is 1.57. The number of tetrazole rings is 1. The molecule has 0 aliphatic carbocycles. The van der Waals surface area contributed by atoms with Crippen molar-refractivity contribution in [1.29, 1.82) is 0 Å². The number of carbonyl (C=O) groups is 1. The molecule has 4 rings (SSSR count). The Bertz CT molecular complexity index is 1260. The first kappa shape index (κ1) is 23.0. The molecule has 1 amide bonds. The van der Waals surface area contributed by atoms with Crippen LogP contribution in [0.5, 0.6) is 5.75 Å². The van der Waals surface area contributed by atoms with Crippen molar-refractivity contribution < 1.29 is 22.7 Å². The van der Waals surface area contributed by atoms with Crippen LogP contribution in [-0.2, 0) is 19.3 Å². The van der Waals surface area contributed by atoms with E-state index < -0.39 is 17.6 Å². The minimum Gasteiger partial charge on any atom is -0.497 e. The number of halogens is 3. The molecule has 0 radical (unpaired) electrons. The van der Waals surface area contributed by atoms with Gasteiger partial charge in [-0.1, -0.05) is 53.6 Å². The predicted molar refractivity (Wildman–Crippen MR) is 118 cm³/mol. The molecule has 0 saturated heterocycles. The summed E-state index contributed by atoms with van der Waals surface area (Å²) in [5.74, 6) is 0.0554. The average molecular weight is 467 g/mol. The molecule has 4 aromatic rings. The zero-order chi connectivity index (χ0) is 24.1. The van der Waals surface area contributed by atoms with Crippen LogP contribution in [0.15, 0.2) is 78.9 Å². The second kappa shape index (κ2) is 9.74. The summed E-state index contributed by atoms with van der Waals surface area (Å²) >= 11 is 0. The third kappa shape index (κ3) is 5.22. The van der Waals surface area contributed by atoms with Gasteiger partial charge in [0.25, 0.3) is 11.9 Å². The van der Waals surface area contributed by atoms with E-state index in [4.69, 9.17) is 4.74 Å². The van der Waals surface area contributed by atoms with Gasteiger partial charge >= 0.3 is 6.18 Å². The number of carbonyl (C=O) groups excluding carboxylic acids is 1. The Balaban J connectivity index is 1.66. The summed E-state index contributed by atoms with van der Waals surface area (Å²) < 4.78 is 45.8. The van der Waals surface area contributed by atoms with Crippen LogP contribution < -0.4 is 9.64 Å². The topological polar surface area (TPSA) is 73.1 Å². The van der Waals surface area contributed by atoms with Gasteiger partial charge in [0.05, 0.1) is 25.8 Å². The number of anilines is 1. The van der Waals surface area contributed by atoms with Crippen molar-refractivity contribution in [2.24, 2.45) is 0 Å². The highest BCUT2D eigenvalue weighted by atomic mass is 19.4. The van der Waals surface area contributed by atoms with Gasteiger partial charge in [0, 0.05) is 5.56 Å². The predicted octanol–water partition coefficient (Wildman–Crippen LogP) is 4.60. The summed E-state index contributed by atoms with van der Waals surface area (Å²) in [5.41, 5.74) is 0.240. The fourth-order valence-corrected chi connectivity index (χ4v) is 3.38. The van der Waals surface area contributed by atoms with Crippen molar-refractivity contribution in [3.05, 3.63) is 101 Å². The third-order valence-corrected chi connectivity index (χ3v) is 5.08.